The van der Waals surface area contributed by atoms with Crippen LogP contribution in [0.4, 0.5) is 0 Å². The topological polar surface area (TPSA) is 20.2 Å². The summed E-state index contributed by atoms with van der Waals surface area (Å²) in [7, 11) is 0. The molecule has 0 radical (unpaired) electrons. The molecule has 1 heteroatoms. The van der Waals surface area contributed by atoms with E-state index in [1.165, 1.54) is 38.5 Å². The van der Waals surface area contributed by atoms with Crippen LogP contribution in [0.3, 0.4) is 0 Å². The highest BCUT2D eigenvalue weighted by molar-refractivity contribution is 4.83. The fraction of sp³-hybridized carbons (Fsp3) is 1.00. The largest absolute Gasteiger partial charge is 0.396 e. The minimum absolute atomic E-state index is 0.260. The van der Waals surface area contributed by atoms with E-state index in [0.29, 0.717) is 12.5 Å². The lowest BCUT2D eigenvalue weighted by Gasteiger charge is -2.34. The van der Waals surface area contributed by atoms with Gasteiger partial charge in [-0.05, 0) is 24.2 Å². The molecule has 1 saturated carbocycles. The zero-order chi connectivity index (χ0) is 9.03. The summed E-state index contributed by atoms with van der Waals surface area (Å²) in [5.41, 5.74) is 0.260. The molecule has 72 valence electrons. The number of aliphatic hydroxyl groups is 1. The Hall–Kier alpha value is -0.0400. The minimum Gasteiger partial charge on any atom is -0.396 e. The summed E-state index contributed by atoms with van der Waals surface area (Å²) >= 11 is 0. The zero-order valence-corrected chi connectivity index (χ0v) is 8.47. The van der Waals surface area contributed by atoms with Crippen molar-refractivity contribution in [3.8, 4) is 0 Å². The third kappa shape index (κ3) is 2.01. The molecule has 0 aromatic heterocycles. The Morgan fingerprint density at radius 2 is 1.58 bits per heavy atom. The highest BCUT2D eigenvalue weighted by Crippen LogP contribution is 2.40. The molecule has 0 aromatic carbocycles. The summed E-state index contributed by atoms with van der Waals surface area (Å²) in [4.78, 5) is 0. The minimum atomic E-state index is 0.260. The molecule has 1 rings (SSSR count). The second kappa shape index (κ2) is 4.27. The summed E-state index contributed by atoms with van der Waals surface area (Å²) in [5.74, 6) is 0.639. The molecule has 1 aliphatic carbocycles. The second-order valence-electron chi connectivity index (χ2n) is 4.59. The third-order valence-electron chi connectivity index (χ3n) is 3.64. The van der Waals surface area contributed by atoms with Gasteiger partial charge in [-0.3, -0.25) is 0 Å². The Balaban J connectivity index is 2.61. The van der Waals surface area contributed by atoms with E-state index in [1.807, 2.05) is 0 Å². The van der Waals surface area contributed by atoms with Crippen LogP contribution < -0.4 is 0 Å². The van der Waals surface area contributed by atoms with Gasteiger partial charge in [0.1, 0.15) is 0 Å². The average molecular weight is 170 g/mol. The first-order chi connectivity index (χ1) is 5.71. The molecule has 1 fully saturated rings. The summed E-state index contributed by atoms with van der Waals surface area (Å²) in [6, 6.07) is 0. The number of hydrogen-bond donors (Lipinski definition) is 1. The lowest BCUT2D eigenvalue weighted by molar-refractivity contribution is 0.0600. The molecule has 1 aliphatic rings. The van der Waals surface area contributed by atoms with Gasteiger partial charge in [0.15, 0.2) is 0 Å². The van der Waals surface area contributed by atoms with Crippen LogP contribution in [-0.2, 0) is 0 Å². The van der Waals surface area contributed by atoms with Crippen molar-refractivity contribution in [1.82, 2.24) is 0 Å². The Labute approximate surface area is 76.2 Å². The molecule has 0 spiro atoms. The smallest absolute Gasteiger partial charge is 0.0489 e. The van der Waals surface area contributed by atoms with Crippen LogP contribution >= 0.6 is 0 Å². The molecule has 0 bridgehead atoms. The Morgan fingerprint density at radius 1 is 1.08 bits per heavy atom. The second-order valence-corrected chi connectivity index (χ2v) is 4.59. The molecular weight excluding hydrogens is 148 g/mol. The van der Waals surface area contributed by atoms with E-state index in [1.54, 1.807) is 0 Å². The lowest BCUT2D eigenvalue weighted by Crippen LogP contribution is -2.30. The van der Waals surface area contributed by atoms with Crippen LogP contribution in [-0.4, -0.2) is 11.7 Å². The number of hydrogen-bond acceptors (Lipinski definition) is 1. The van der Waals surface area contributed by atoms with Gasteiger partial charge in [-0.15, -0.1) is 0 Å². The van der Waals surface area contributed by atoms with Gasteiger partial charge in [-0.25, -0.2) is 0 Å². The standard InChI is InChI=1S/C11H22O/c1-10(2)11(9-12)7-5-3-4-6-8-11/h10,12H,3-9H2,1-2H3. The molecule has 0 unspecified atom stereocenters. The third-order valence-corrected chi connectivity index (χ3v) is 3.64. The van der Waals surface area contributed by atoms with Crippen molar-refractivity contribution < 1.29 is 5.11 Å². The average Bonchev–Trinajstić information content (AvgIpc) is 2.29. The number of aliphatic hydroxyl groups excluding tert-OH is 1. The van der Waals surface area contributed by atoms with E-state index in [9.17, 15) is 5.11 Å². The summed E-state index contributed by atoms with van der Waals surface area (Å²) in [5, 5.41) is 9.44. The molecule has 0 saturated heterocycles. The highest BCUT2D eigenvalue weighted by atomic mass is 16.3. The normalized spacial score (nSPS) is 24.0. The predicted molar refractivity (Wildman–Crippen MR) is 52.1 cm³/mol. The maximum absolute atomic E-state index is 9.44. The van der Waals surface area contributed by atoms with Crippen LogP contribution in [0.25, 0.3) is 0 Å². The maximum atomic E-state index is 9.44. The van der Waals surface area contributed by atoms with Crippen molar-refractivity contribution in [1.29, 1.82) is 0 Å². The summed E-state index contributed by atoms with van der Waals surface area (Å²) in [6.07, 6.45) is 7.85. The van der Waals surface area contributed by atoms with E-state index < -0.39 is 0 Å². The fourth-order valence-corrected chi connectivity index (χ4v) is 2.35. The molecule has 1 nitrogen and oxygen atoms in total. The SMILES string of the molecule is CC(C)C1(CO)CCCCCC1. The van der Waals surface area contributed by atoms with Crippen LogP contribution in [0.2, 0.25) is 0 Å². The summed E-state index contributed by atoms with van der Waals surface area (Å²) in [6.45, 7) is 4.90. The van der Waals surface area contributed by atoms with E-state index in [0.717, 1.165) is 0 Å². The highest BCUT2D eigenvalue weighted by Gasteiger charge is 2.33. The van der Waals surface area contributed by atoms with Crippen molar-refractivity contribution in [2.45, 2.75) is 52.4 Å². The van der Waals surface area contributed by atoms with E-state index in [-0.39, 0.29) is 5.41 Å². The maximum Gasteiger partial charge on any atom is 0.0489 e. The van der Waals surface area contributed by atoms with Gasteiger partial charge in [-0.2, -0.15) is 0 Å². The predicted octanol–water partition coefficient (Wildman–Crippen LogP) is 2.98. The molecule has 1 N–H and O–H groups in total. The Morgan fingerprint density at radius 3 is 1.92 bits per heavy atom. The van der Waals surface area contributed by atoms with Gasteiger partial charge >= 0.3 is 0 Å². The van der Waals surface area contributed by atoms with Crippen molar-refractivity contribution in [2.75, 3.05) is 6.61 Å². The first-order valence-electron chi connectivity index (χ1n) is 5.32. The van der Waals surface area contributed by atoms with Crippen LogP contribution in [0, 0.1) is 11.3 Å². The van der Waals surface area contributed by atoms with Crippen molar-refractivity contribution >= 4 is 0 Å². The molecule has 0 aliphatic heterocycles. The van der Waals surface area contributed by atoms with Crippen molar-refractivity contribution in [3.05, 3.63) is 0 Å². The Kier molecular flexibility index (Phi) is 3.57. The van der Waals surface area contributed by atoms with Gasteiger partial charge in [0.05, 0.1) is 0 Å². The van der Waals surface area contributed by atoms with Crippen LogP contribution in [0.5, 0.6) is 0 Å². The van der Waals surface area contributed by atoms with Gasteiger partial charge in [0.25, 0.3) is 0 Å². The van der Waals surface area contributed by atoms with Gasteiger partial charge in [0, 0.05) is 6.61 Å². The van der Waals surface area contributed by atoms with E-state index in [4.69, 9.17) is 0 Å². The van der Waals surface area contributed by atoms with Crippen molar-refractivity contribution in [2.24, 2.45) is 11.3 Å². The van der Waals surface area contributed by atoms with Crippen LogP contribution in [0.1, 0.15) is 52.4 Å². The van der Waals surface area contributed by atoms with Gasteiger partial charge in [-0.1, -0.05) is 39.5 Å². The summed E-state index contributed by atoms with van der Waals surface area (Å²) < 4.78 is 0. The lowest BCUT2D eigenvalue weighted by atomic mass is 9.72. The molecule has 0 amide bonds. The van der Waals surface area contributed by atoms with Crippen LogP contribution in [0.15, 0.2) is 0 Å². The van der Waals surface area contributed by atoms with Gasteiger partial charge in [0.2, 0.25) is 0 Å². The van der Waals surface area contributed by atoms with E-state index in [2.05, 4.69) is 13.8 Å². The molecule has 0 heterocycles. The van der Waals surface area contributed by atoms with Gasteiger partial charge < -0.3 is 5.11 Å². The fourth-order valence-electron chi connectivity index (χ4n) is 2.35. The number of rotatable bonds is 2. The first kappa shape index (κ1) is 10.0. The molecular formula is C11H22O. The van der Waals surface area contributed by atoms with E-state index >= 15 is 0 Å². The quantitative estimate of drug-likeness (QED) is 0.632. The first-order valence-corrected chi connectivity index (χ1v) is 5.32. The Bertz CT molecular complexity index is 121. The molecule has 0 atom stereocenters. The monoisotopic (exact) mass is 170 g/mol. The zero-order valence-electron chi connectivity index (χ0n) is 8.47. The molecule has 0 aromatic rings. The van der Waals surface area contributed by atoms with Crippen molar-refractivity contribution in [3.63, 3.8) is 0 Å². The molecule has 12 heavy (non-hydrogen) atoms.